The van der Waals surface area contributed by atoms with Crippen molar-refractivity contribution in [3.8, 4) is 11.5 Å². The molecule has 1 saturated heterocycles. The smallest absolute Gasteiger partial charge is 0.232 e. The molecule has 0 radical (unpaired) electrons. The van der Waals surface area contributed by atoms with Gasteiger partial charge in [-0.1, -0.05) is 36.4 Å². The summed E-state index contributed by atoms with van der Waals surface area (Å²) < 4.78 is 30.8. The number of hydrogen-bond donors (Lipinski definition) is 1. The summed E-state index contributed by atoms with van der Waals surface area (Å²) in [5.41, 5.74) is 1.73. The van der Waals surface area contributed by atoms with Crippen molar-refractivity contribution in [1.29, 1.82) is 0 Å². The third kappa shape index (κ3) is 3.77. The van der Waals surface area contributed by atoms with Crippen molar-refractivity contribution in [2.75, 3.05) is 25.9 Å². The van der Waals surface area contributed by atoms with Crippen LogP contribution in [0.25, 0.3) is 0 Å². The molecule has 0 spiro atoms. The van der Waals surface area contributed by atoms with Crippen LogP contribution in [0.1, 0.15) is 29.9 Å². The Hall–Kier alpha value is -2.38. The third-order valence-corrected chi connectivity index (χ3v) is 6.85. The van der Waals surface area contributed by atoms with Crippen molar-refractivity contribution in [1.82, 2.24) is 9.62 Å². The summed E-state index contributed by atoms with van der Waals surface area (Å²) in [7, 11) is -3.13. The first-order chi connectivity index (χ1) is 13.4. The number of sulfonamides is 1. The maximum atomic E-state index is 13.1. The van der Waals surface area contributed by atoms with Gasteiger partial charge in [0.2, 0.25) is 15.9 Å². The molecule has 2 aliphatic rings. The van der Waals surface area contributed by atoms with Gasteiger partial charge in [0.25, 0.3) is 0 Å². The van der Waals surface area contributed by atoms with Gasteiger partial charge in [-0.25, -0.2) is 12.7 Å². The second kappa shape index (κ2) is 7.56. The summed E-state index contributed by atoms with van der Waals surface area (Å²) in [4.78, 5) is 13.1. The number of nitrogens with one attached hydrogen (secondary N) is 1. The molecule has 4 rings (SSSR count). The molecule has 6 nitrogen and oxygen atoms in total. The van der Waals surface area contributed by atoms with E-state index in [1.165, 1.54) is 10.6 Å². The number of amides is 1. The minimum absolute atomic E-state index is 0.0475. The summed E-state index contributed by atoms with van der Waals surface area (Å²) in [6.45, 7) is 1.59. The first-order valence-electron chi connectivity index (χ1n) is 9.52. The van der Waals surface area contributed by atoms with Crippen LogP contribution < -0.4 is 10.1 Å². The lowest BCUT2D eigenvalue weighted by molar-refractivity contribution is -0.122. The Morgan fingerprint density at radius 1 is 1.04 bits per heavy atom. The fraction of sp³-hybridized carbons (Fsp3) is 0.381. The van der Waals surface area contributed by atoms with Crippen molar-refractivity contribution in [2.45, 2.75) is 18.8 Å². The topological polar surface area (TPSA) is 75.7 Å². The molecule has 148 valence electrons. The largest absolute Gasteiger partial charge is 0.457 e. The van der Waals surface area contributed by atoms with Crippen molar-refractivity contribution in [3.63, 3.8) is 0 Å². The molecule has 1 N–H and O–H groups in total. The minimum Gasteiger partial charge on any atom is -0.457 e. The number of carbonyl (C=O) groups excluding carboxylic acids is 1. The van der Waals surface area contributed by atoms with Crippen molar-refractivity contribution in [3.05, 3.63) is 59.7 Å². The summed E-state index contributed by atoms with van der Waals surface area (Å²) in [5.74, 6) is 1.25. The number of ether oxygens (including phenoxy) is 1. The molecule has 2 aliphatic heterocycles. The van der Waals surface area contributed by atoms with E-state index in [4.69, 9.17) is 4.74 Å². The number of para-hydroxylation sites is 2. The summed E-state index contributed by atoms with van der Waals surface area (Å²) in [6, 6.07) is 15.3. The molecule has 0 aromatic heterocycles. The maximum absolute atomic E-state index is 13.1. The van der Waals surface area contributed by atoms with E-state index in [-0.39, 0.29) is 11.8 Å². The second-order valence-electron chi connectivity index (χ2n) is 7.46. The lowest BCUT2D eigenvalue weighted by Crippen LogP contribution is -2.42. The zero-order valence-corrected chi connectivity index (χ0v) is 16.6. The molecular formula is C21H24N2O4S. The van der Waals surface area contributed by atoms with Gasteiger partial charge in [0.1, 0.15) is 11.5 Å². The Morgan fingerprint density at radius 3 is 2.11 bits per heavy atom. The molecule has 7 heteroatoms. The quantitative estimate of drug-likeness (QED) is 0.856. The molecule has 0 bridgehead atoms. The van der Waals surface area contributed by atoms with Crippen LogP contribution in [0.4, 0.5) is 0 Å². The van der Waals surface area contributed by atoms with Crippen LogP contribution >= 0.6 is 0 Å². The molecule has 28 heavy (non-hydrogen) atoms. The predicted octanol–water partition coefficient (Wildman–Crippen LogP) is 2.71. The number of carbonyl (C=O) groups is 1. The second-order valence-corrected chi connectivity index (χ2v) is 9.44. The summed E-state index contributed by atoms with van der Waals surface area (Å²) >= 11 is 0. The Morgan fingerprint density at radius 2 is 1.57 bits per heavy atom. The SMILES string of the molecule is CS(=O)(=O)N1CCC(CNC(=O)C2c3ccccc3Oc3ccccc32)CC1. The highest BCUT2D eigenvalue weighted by atomic mass is 32.2. The third-order valence-electron chi connectivity index (χ3n) is 5.55. The average Bonchev–Trinajstić information content (AvgIpc) is 2.70. The fourth-order valence-corrected chi connectivity index (χ4v) is 4.86. The summed E-state index contributed by atoms with van der Waals surface area (Å²) in [6.07, 6.45) is 2.76. The van der Waals surface area contributed by atoms with Gasteiger partial charge in [0, 0.05) is 30.8 Å². The first-order valence-corrected chi connectivity index (χ1v) is 11.4. The van der Waals surface area contributed by atoms with E-state index < -0.39 is 15.9 Å². The van der Waals surface area contributed by atoms with Gasteiger partial charge in [0.05, 0.1) is 12.2 Å². The van der Waals surface area contributed by atoms with Crippen LogP contribution in [0.15, 0.2) is 48.5 Å². The molecule has 1 amide bonds. The molecular weight excluding hydrogens is 376 g/mol. The number of hydrogen-bond acceptors (Lipinski definition) is 4. The zero-order chi connectivity index (χ0) is 19.7. The van der Waals surface area contributed by atoms with E-state index >= 15 is 0 Å². The minimum atomic E-state index is -3.13. The molecule has 0 saturated carbocycles. The maximum Gasteiger partial charge on any atom is 0.232 e. The van der Waals surface area contributed by atoms with Crippen molar-refractivity contribution in [2.24, 2.45) is 5.92 Å². The highest BCUT2D eigenvalue weighted by molar-refractivity contribution is 7.88. The van der Waals surface area contributed by atoms with Crippen molar-refractivity contribution >= 4 is 15.9 Å². The number of benzene rings is 2. The van der Waals surface area contributed by atoms with E-state index in [1.807, 2.05) is 48.5 Å². The molecule has 2 aromatic rings. The van der Waals surface area contributed by atoms with E-state index in [1.54, 1.807) is 0 Å². The fourth-order valence-electron chi connectivity index (χ4n) is 3.98. The molecule has 2 heterocycles. The van der Waals surface area contributed by atoms with E-state index in [2.05, 4.69) is 5.32 Å². The highest BCUT2D eigenvalue weighted by Crippen LogP contribution is 2.43. The van der Waals surface area contributed by atoms with Gasteiger partial charge in [0.15, 0.2) is 0 Å². The molecule has 0 aliphatic carbocycles. The monoisotopic (exact) mass is 400 g/mol. The van der Waals surface area contributed by atoms with Crippen LogP contribution in [-0.4, -0.2) is 44.5 Å². The zero-order valence-electron chi connectivity index (χ0n) is 15.8. The molecule has 2 aromatic carbocycles. The standard InChI is InChI=1S/C21H24N2O4S/c1-28(25,26)23-12-10-15(11-13-23)14-22-21(24)20-16-6-2-4-8-18(16)27-19-9-5-3-7-17(19)20/h2-9,15,20H,10-14H2,1H3,(H,22,24). The van der Waals surface area contributed by atoms with Crippen LogP contribution in [0.2, 0.25) is 0 Å². The van der Waals surface area contributed by atoms with Gasteiger partial charge in [-0.2, -0.15) is 0 Å². The number of piperidine rings is 1. The van der Waals surface area contributed by atoms with Crippen LogP contribution in [0.5, 0.6) is 11.5 Å². The Labute approximate surface area is 165 Å². The number of rotatable bonds is 4. The van der Waals surface area contributed by atoms with Gasteiger partial charge < -0.3 is 10.1 Å². The van der Waals surface area contributed by atoms with Crippen LogP contribution in [0.3, 0.4) is 0 Å². The normalized spacial score (nSPS) is 18.0. The first kappa shape index (κ1) is 19.0. The predicted molar refractivity (Wildman–Crippen MR) is 107 cm³/mol. The molecule has 0 unspecified atom stereocenters. The van der Waals surface area contributed by atoms with Crippen LogP contribution in [0, 0.1) is 5.92 Å². The van der Waals surface area contributed by atoms with Gasteiger partial charge in [-0.05, 0) is 30.9 Å². The van der Waals surface area contributed by atoms with Gasteiger partial charge in [-0.15, -0.1) is 0 Å². The molecule has 0 atom stereocenters. The average molecular weight is 401 g/mol. The number of nitrogens with zero attached hydrogens (tertiary/aromatic N) is 1. The molecule has 1 fully saturated rings. The highest BCUT2D eigenvalue weighted by Gasteiger charge is 2.33. The summed E-state index contributed by atoms with van der Waals surface area (Å²) in [5, 5.41) is 3.10. The number of fused-ring (bicyclic) bond motifs is 2. The Balaban J connectivity index is 1.46. The van der Waals surface area contributed by atoms with Crippen molar-refractivity contribution < 1.29 is 17.9 Å². The lowest BCUT2D eigenvalue weighted by atomic mass is 9.87. The Kier molecular flexibility index (Phi) is 5.12. The van der Waals surface area contributed by atoms with Gasteiger partial charge in [-0.3, -0.25) is 4.79 Å². The lowest BCUT2D eigenvalue weighted by Gasteiger charge is -2.31. The van der Waals surface area contributed by atoms with Crippen LogP contribution in [-0.2, 0) is 14.8 Å². The van der Waals surface area contributed by atoms with Gasteiger partial charge >= 0.3 is 0 Å². The van der Waals surface area contributed by atoms with E-state index in [0.717, 1.165) is 24.0 Å². The van der Waals surface area contributed by atoms with E-state index in [0.29, 0.717) is 31.1 Å². The van der Waals surface area contributed by atoms with E-state index in [9.17, 15) is 13.2 Å². The Bertz CT molecular complexity index is 936.